The van der Waals surface area contributed by atoms with E-state index in [0.717, 1.165) is 16.3 Å². The highest BCUT2D eigenvalue weighted by Gasteiger charge is 2.39. The van der Waals surface area contributed by atoms with Crippen LogP contribution in [0.25, 0.3) is 0 Å². The topological polar surface area (TPSA) is 78.0 Å². The molecule has 25 heavy (non-hydrogen) atoms. The number of benzene rings is 1. The Labute approximate surface area is 145 Å². The summed E-state index contributed by atoms with van der Waals surface area (Å²) in [6.45, 7) is 1.54. The maximum absolute atomic E-state index is 12.8. The van der Waals surface area contributed by atoms with E-state index in [1.165, 1.54) is 5.01 Å². The van der Waals surface area contributed by atoms with Gasteiger partial charge in [0.15, 0.2) is 0 Å². The van der Waals surface area contributed by atoms with Crippen molar-refractivity contribution in [2.24, 2.45) is 0 Å². The van der Waals surface area contributed by atoms with Crippen LogP contribution < -0.4 is 4.90 Å². The van der Waals surface area contributed by atoms with Crippen molar-refractivity contribution in [3.8, 4) is 0 Å². The molecule has 3 aliphatic heterocycles. The van der Waals surface area contributed by atoms with Gasteiger partial charge >= 0.3 is 0 Å². The van der Waals surface area contributed by atoms with Gasteiger partial charge in [0, 0.05) is 50.0 Å². The molecule has 0 unspecified atom stereocenters. The molecule has 1 aromatic carbocycles. The van der Waals surface area contributed by atoms with E-state index in [0.29, 0.717) is 50.8 Å². The van der Waals surface area contributed by atoms with Crippen molar-refractivity contribution in [1.29, 1.82) is 0 Å². The number of nitrogens with zero attached hydrogens (tertiary/aromatic N) is 3. The van der Waals surface area contributed by atoms with Gasteiger partial charge in [-0.2, -0.15) is 5.01 Å². The molecule has 4 rings (SSSR count). The monoisotopic (exact) mass is 341 g/mol. The molecule has 2 saturated heterocycles. The van der Waals surface area contributed by atoms with Crippen molar-refractivity contribution < 1.29 is 19.2 Å². The van der Waals surface area contributed by atoms with Gasteiger partial charge in [0.25, 0.3) is 5.91 Å². The molecule has 0 aromatic heterocycles. The highest BCUT2D eigenvalue weighted by atomic mass is 16.2. The molecule has 0 N–H and O–H groups in total. The lowest BCUT2D eigenvalue weighted by Gasteiger charge is -2.32. The van der Waals surface area contributed by atoms with Crippen LogP contribution in [0, 0.1) is 0 Å². The largest absolute Gasteiger partial charge is 0.371 e. The van der Waals surface area contributed by atoms with Crippen molar-refractivity contribution in [3.05, 3.63) is 29.3 Å². The zero-order valence-corrected chi connectivity index (χ0v) is 13.9. The Hall–Kier alpha value is -2.70. The number of hydrogen-bond donors (Lipinski definition) is 0. The Morgan fingerprint density at radius 3 is 2.20 bits per heavy atom. The molecule has 1 aromatic rings. The summed E-state index contributed by atoms with van der Waals surface area (Å²) in [6, 6.07) is 5.62. The summed E-state index contributed by atoms with van der Waals surface area (Å²) in [5.41, 5.74) is 2.24. The van der Waals surface area contributed by atoms with Crippen LogP contribution >= 0.6 is 0 Å². The first-order valence-electron chi connectivity index (χ1n) is 8.62. The third kappa shape index (κ3) is 2.69. The van der Waals surface area contributed by atoms with Crippen molar-refractivity contribution in [2.45, 2.75) is 38.6 Å². The Morgan fingerprint density at radius 2 is 1.52 bits per heavy atom. The van der Waals surface area contributed by atoms with Gasteiger partial charge in [-0.15, -0.1) is 0 Å². The number of piperidine rings is 2. The van der Waals surface area contributed by atoms with Gasteiger partial charge in [-0.05, 0) is 24.1 Å². The van der Waals surface area contributed by atoms with Crippen molar-refractivity contribution in [3.63, 3.8) is 0 Å². The normalized spacial score (nSPS) is 21.2. The molecule has 7 nitrogen and oxygen atoms in total. The average Bonchev–Trinajstić information content (AvgIpc) is 2.92. The van der Waals surface area contributed by atoms with Gasteiger partial charge in [0.2, 0.25) is 11.8 Å². The standard InChI is InChI=1S/C18H19N3O4/c22-14-6-8-19(9-7-14)13-5-4-12-11-20(18(25)15(12)10-13)21-16(23)2-1-3-17(21)24/h4-5,10H,1-3,6-9,11H2. The van der Waals surface area contributed by atoms with E-state index >= 15 is 0 Å². The fourth-order valence-corrected chi connectivity index (χ4v) is 3.66. The van der Waals surface area contributed by atoms with E-state index in [1.54, 1.807) is 0 Å². The Kier molecular flexibility index (Phi) is 3.78. The zero-order chi connectivity index (χ0) is 17.6. The van der Waals surface area contributed by atoms with Crippen molar-refractivity contribution in [2.75, 3.05) is 18.0 Å². The number of fused-ring (bicyclic) bond motifs is 1. The minimum atomic E-state index is -0.313. The third-order valence-electron chi connectivity index (χ3n) is 5.06. The molecule has 0 atom stereocenters. The number of rotatable bonds is 2. The number of Topliss-reactive ketones (excluding diaryl/α,β-unsaturated/α-hetero) is 1. The minimum absolute atomic E-state index is 0.240. The van der Waals surface area contributed by atoms with E-state index in [1.807, 2.05) is 18.2 Å². The van der Waals surface area contributed by atoms with Gasteiger partial charge in [0.1, 0.15) is 5.78 Å². The highest BCUT2D eigenvalue weighted by molar-refractivity contribution is 6.05. The number of imide groups is 1. The fraction of sp³-hybridized carbons (Fsp3) is 0.444. The van der Waals surface area contributed by atoms with E-state index < -0.39 is 0 Å². The van der Waals surface area contributed by atoms with Gasteiger partial charge < -0.3 is 4.90 Å². The van der Waals surface area contributed by atoms with Crippen LogP contribution in [0.5, 0.6) is 0 Å². The molecule has 3 heterocycles. The Balaban J connectivity index is 1.58. The number of carbonyl (C=O) groups is 4. The highest BCUT2D eigenvalue weighted by Crippen LogP contribution is 2.31. The fourth-order valence-electron chi connectivity index (χ4n) is 3.66. The Morgan fingerprint density at radius 1 is 0.840 bits per heavy atom. The predicted octanol–water partition coefficient (Wildman–Crippen LogP) is 1.27. The SMILES string of the molecule is O=C1CCN(c2ccc3c(c2)C(=O)N(N2C(=O)CCCC2=O)C3)CC1. The predicted molar refractivity (Wildman–Crippen MR) is 88.5 cm³/mol. The summed E-state index contributed by atoms with van der Waals surface area (Å²) in [6.07, 6.45) is 2.17. The van der Waals surface area contributed by atoms with Crippen LogP contribution in [-0.2, 0) is 20.9 Å². The van der Waals surface area contributed by atoms with Gasteiger partial charge in [-0.1, -0.05) is 6.07 Å². The summed E-state index contributed by atoms with van der Waals surface area (Å²) >= 11 is 0. The maximum Gasteiger partial charge on any atom is 0.273 e. The third-order valence-corrected chi connectivity index (χ3v) is 5.06. The first-order chi connectivity index (χ1) is 12.0. The van der Waals surface area contributed by atoms with E-state index in [-0.39, 0.29) is 30.0 Å². The first kappa shape index (κ1) is 15.8. The quantitative estimate of drug-likeness (QED) is 0.757. The van der Waals surface area contributed by atoms with Crippen molar-refractivity contribution in [1.82, 2.24) is 10.0 Å². The van der Waals surface area contributed by atoms with Crippen LogP contribution in [0.3, 0.4) is 0 Å². The van der Waals surface area contributed by atoms with Crippen LogP contribution in [0.1, 0.15) is 48.0 Å². The van der Waals surface area contributed by atoms with Crippen LogP contribution in [0.2, 0.25) is 0 Å². The van der Waals surface area contributed by atoms with Crippen LogP contribution in [0.15, 0.2) is 18.2 Å². The molecule has 0 bridgehead atoms. The molecule has 7 heteroatoms. The second kappa shape index (κ2) is 5.98. The first-order valence-corrected chi connectivity index (χ1v) is 8.62. The smallest absolute Gasteiger partial charge is 0.273 e. The van der Waals surface area contributed by atoms with Crippen LogP contribution in [0.4, 0.5) is 5.69 Å². The molecule has 3 aliphatic rings. The summed E-state index contributed by atoms with van der Waals surface area (Å²) in [7, 11) is 0. The molecule has 0 spiro atoms. The molecule has 0 aliphatic carbocycles. The van der Waals surface area contributed by atoms with E-state index in [9.17, 15) is 19.2 Å². The van der Waals surface area contributed by atoms with Gasteiger partial charge in [-0.25, -0.2) is 5.01 Å². The summed E-state index contributed by atoms with van der Waals surface area (Å²) in [5.74, 6) is -0.672. The molecule has 3 amide bonds. The lowest BCUT2D eigenvalue weighted by molar-refractivity contribution is -0.163. The van der Waals surface area contributed by atoms with Crippen molar-refractivity contribution >= 4 is 29.2 Å². The molecular weight excluding hydrogens is 322 g/mol. The second-order valence-electron chi connectivity index (χ2n) is 6.68. The van der Waals surface area contributed by atoms with Crippen LogP contribution in [-0.4, -0.2) is 46.6 Å². The number of hydrazine groups is 1. The maximum atomic E-state index is 12.8. The number of carbonyl (C=O) groups excluding carboxylic acids is 4. The molecule has 2 fully saturated rings. The Bertz CT molecular complexity index is 763. The molecule has 130 valence electrons. The zero-order valence-electron chi connectivity index (χ0n) is 13.9. The van der Waals surface area contributed by atoms with E-state index in [4.69, 9.17) is 0 Å². The summed E-state index contributed by atoms with van der Waals surface area (Å²) < 4.78 is 0. The number of amides is 3. The minimum Gasteiger partial charge on any atom is -0.371 e. The number of ketones is 1. The number of anilines is 1. The molecule has 0 saturated carbocycles. The summed E-state index contributed by atoms with van der Waals surface area (Å²) in [5, 5.41) is 2.28. The van der Waals surface area contributed by atoms with Gasteiger partial charge in [0.05, 0.1) is 6.54 Å². The molecule has 0 radical (unpaired) electrons. The van der Waals surface area contributed by atoms with Gasteiger partial charge in [-0.3, -0.25) is 19.2 Å². The van der Waals surface area contributed by atoms with E-state index in [2.05, 4.69) is 4.90 Å². The lowest BCUT2D eigenvalue weighted by Crippen LogP contribution is -2.52. The lowest BCUT2D eigenvalue weighted by atomic mass is 10.1. The molecular formula is C18H19N3O4. The number of hydrogen-bond acceptors (Lipinski definition) is 5. The second-order valence-corrected chi connectivity index (χ2v) is 6.68. The summed E-state index contributed by atoms with van der Waals surface area (Å²) in [4.78, 5) is 50.5. The average molecular weight is 341 g/mol.